The SMILES string of the molecule is N[C@@H](c1cc(C(F)(F)F)ccc1Cl)[C@H](O)C1CCCC1. The van der Waals surface area contributed by atoms with Crippen molar-refractivity contribution in [1.82, 2.24) is 0 Å². The van der Waals surface area contributed by atoms with Crippen LogP contribution in [0, 0.1) is 5.92 Å². The van der Waals surface area contributed by atoms with Crippen molar-refractivity contribution in [3.8, 4) is 0 Å². The van der Waals surface area contributed by atoms with E-state index >= 15 is 0 Å². The summed E-state index contributed by atoms with van der Waals surface area (Å²) in [5, 5.41) is 10.4. The predicted molar refractivity (Wildman–Crippen MR) is 71.3 cm³/mol. The third-order valence-electron chi connectivity index (χ3n) is 3.93. The highest BCUT2D eigenvalue weighted by Crippen LogP contribution is 2.37. The molecule has 0 aromatic heterocycles. The fourth-order valence-electron chi connectivity index (χ4n) is 2.75. The summed E-state index contributed by atoms with van der Waals surface area (Å²) in [5.74, 6) is 0.0376. The van der Waals surface area contributed by atoms with Crippen molar-refractivity contribution < 1.29 is 18.3 Å². The Morgan fingerprint density at radius 1 is 1.25 bits per heavy atom. The lowest BCUT2D eigenvalue weighted by atomic mass is 9.90. The van der Waals surface area contributed by atoms with Crippen LogP contribution in [-0.2, 0) is 6.18 Å². The van der Waals surface area contributed by atoms with E-state index in [0.717, 1.165) is 37.8 Å². The van der Waals surface area contributed by atoms with Crippen molar-refractivity contribution in [3.63, 3.8) is 0 Å². The van der Waals surface area contributed by atoms with E-state index in [-0.39, 0.29) is 16.5 Å². The minimum atomic E-state index is -4.45. The summed E-state index contributed by atoms with van der Waals surface area (Å²) in [6.07, 6.45) is -1.57. The van der Waals surface area contributed by atoms with Gasteiger partial charge in [-0.25, -0.2) is 0 Å². The zero-order valence-corrected chi connectivity index (χ0v) is 11.6. The van der Waals surface area contributed by atoms with Crippen molar-refractivity contribution in [2.75, 3.05) is 0 Å². The fraction of sp³-hybridized carbons (Fsp3) is 0.571. The van der Waals surface area contributed by atoms with Crippen LogP contribution in [0.15, 0.2) is 18.2 Å². The molecule has 0 aliphatic heterocycles. The van der Waals surface area contributed by atoms with Crippen molar-refractivity contribution in [3.05, 3.63) is 34.3 Å². The maximum absolute atomic E-state index is 12.7. The van der Waals surface area contributed by atoms with E-state index in [4.69, 9.17) is 17.3 Å². The van der Waals surface area contributed by atoms with E-state index in [1.807, 2.05) is 0 Å². The molecule has 1 aromatic rings. The van der Waals surface area contributed by atoms with Gasteiger partial charge in [0.15, 0.2) is 0 Å². The summed E-state index contributed by atoms with van der Waals surface area (Å²) in [6.45, 7) is 0. The van der Waals surface area contributed by atoms with Crippen LogP contribution >= 0.6 is 11.6 Å². The standard InChI is InChI=1S/C14H17ClF3NO/c15-11-6-5-9(14(16,17)18)7-10(11)12(19)13(20)8-3-1-2-4-8/h5-8,12-13,20H,1-4,19H2/t12-,13+/m0/s1. The van der Waals surface area contributed by atoms with E-state index in [1.54, 1.807) is 0 Å². The molecule has 2 rings (SSSR count). The number of rotatable bonds is 3. The van der Waals surface area contributed by atoms with Gasteiger partial charge >= 0.3 is 6.18 Å². The van der Waals surface area contributed by atoms with E-state index in [1.165, 1.54) is 6.07 Å². The largest absolute Gasteiger partial charge is 0.416 e. The second kappa shape index (κ2) is 5.92. The van der Waals surface area contributed by atoms with E-state index in [9.17, 15) is 18.3 Å². The average molecular weight is 308 g/mol. The normalized spacial score (nSPS) is 20.1. The number of halogens is 4. The number of aliphatic hydroxyl groups is 1. The van der Waals surface area contributed by atoms with Gasteiger partial charge in [-0.05, 0) is 42.5 Å². The average Bonchev–Trinajstić information content (AvgIpc) is 2.90. The molecule has 0 heterocycles. The highest BCUT2D eigenvalue weighted by atomic mass is 35.5. The maximum atomic E-state index is 12.7. The highest BCUT2D eigenvalue weighted by molar-refractivity contribution is 6.31. The molecule has 1 fully saturated rings. The summed E-state index contributed by atoms with van der Waals surface area (Å²) in [6, 6.07) is 2.14. The lowest BCUT2D eigenvalue weighted by Crippen LogP contribution is -2.32. The predicted octanol–water partition coefficient (Wildman–Crippen LogP) is 3.91. The number of hydrogen-bond acceptors (Lipinski definition) is 2. The van der Waals surface area contributed by atoms with Crippen molar-refractivity contribution >= 4 is 11.6 Å². The van der Waals surface area contributed by atoms with Crippen LogP contribution in [0.3, 0.4) is 0 Å². The third-order valence-corrected chi connectivity index (χ3v) is 4.28. The summed E-state index contributed by atoms with van der Waals surface area (Å²) >= 11 is 5.93. The van der Waals surface area contributed by atoms with Crippen LogP contribution in [0.1, 0.15) is 42.9 Å². The molecule has 0 radical (unpaired) electrons. The Balaban J connectivity index is 2.26. The van der Waals surface area contributed by atoms with Crippen molar-refractivity contribution in [2.45, 2.75) is 44.0 Å². The Bertz CT molecular complexity index is 472. The molecular weight excluding hydrogens is 291 g/mol. The molecule has 1 aliphatic rings. The van der Waals surface area contributed by atoms with Gasteiger partial charge in [0.25, 0.3) is 0 Å². The van der Waals surface area contributed by atoms with Crippen molar-refractivity contribution in [2.24, 2.45) is 11.7 Å². The molecule has 112 valence electrons. The molecule has 0 bridgehead atoms. The zero-order valence-electron chi connectivity index (χ0n) is 10.8. The monoisotopic (exact) mass is 307 g/mol. The van der Waals surface area contributed by atoms with Crippen LogP contribution in [0.2, 0.25) is 5.02 Å². The van der Waals surface area contributed by atoms with E-state index in [0.29, 0.717) is 0 Å². The van der Waals surface area contributed by atoms with Crippen LogP contribution in [-0.4, -0.2) is 11.2 Å². The molecular formula is C14H17ClF3NO. The number of aliphatic hydroxyl groups excluding tert-OH is 1. The molecule has 1 saturated carbocycles. The second-order valence-corrected chi connectivity index (χ2v) is 5.70. The highest BCUT2D eigenvalue weighted by Gasteiger charge is 2.34. The van der Waals surface area contributed by atoms with Crippen LogP contribution in [0.4, 0.5) is 13.2 Å². The lowest BCUT2D eigenvalue weighted by Gasteiger charge is -2.25. The quantitative estimate of drug-likeness (QED) is 0.889. The fourth-order valence-corrected chi connectivity index (χ4v) is 3.00. The number of alkyl halides is 3. The van der Waals surface area contributed by atoms with Gasteiger partial charge in [0.2, 0.25) is 0 Å². The lowest BCUT2D eigenvalue weighted by molar-refractivity contribution is -0.137. The molecule has 1 aliphatic carbocycles. The van der Waals surface area contributed by atoms with E-state index < -0.39 is 23.9 Å². The Hall–Kier alpha value is -0.780. The molecule has 0 amide bonds. The van der Waals surface area contributed by atoms with Gasteiger partial charge in [-0.1, -0.05) is 24.4 Å². The molecule has 3 N–H and O–H groups in total. The third kappa shape index (κ3) is 3.27. The zero-order chi connectivity index (χ0) is 14.9. The summed E-state index contributed by atoms with van der Waals surface area (Å²) in [4.78, 5) is 0. The first-order valence-electron chi connectivity index (χ1n) is 6.61. The molecule has 2 nitrogen and oxygen atoms in total. The first-order valence-corrected chi connectivity index (χ1v) is 6.99. The van der Waals surface area contributed by atoms with Gasteiger partial charge < -0.3 is 10.8 Å². The number of hydrogen-bond donors (Lipinski definition) is 2. The van der Waals surface area contributed by atoms with Gasteiger partial charge in [0, 0.05) is 5.02 Å². The molecule has 1 aromatic carbocycles. The van der Waals surface area contributed by atoms with Gasteiger partial charge in [0.1, 0.15) is 0 Å². The second-order valence-electron chi connectivity index (χ2n) is 5.29. The molecule has 0 saturated heterocycles. The molecule has 6 heteroatoms. The van der Waals surface area contributed by atoms with Crippen LogP contribution < -0.4 is 5.73 Å². The topological polar surface area (TPSA) is 46.2 Å². The first-order chi connectivity index (χ1) is 9.30. The minimum absolute atomic E-state index is 0.0376. The first kappa shape index (κ1) is 15.6. The Kier molecular flexibility index (Phi) is 4.62. The van der Waals surface area contributed by atoms with Crippen molar-refractivity contribution in [1.29, 1.82) is 0 Å². The summed E-state index contributed by atoms with van der Waals surface area (Å²) < 4.78 is 38.2. The Morgan fingerprint density at radius 3 is 2.40 bits per heavy atom. The molecule has 2 atom stereocenters. The summed E-state index contributed by atoms with van der Waals surface area (Å²) in [7, 11) is 0. The number of nitrogens with two attached hydrogens (primary N) is 1. The van der Waals surface area contributed by atoms with Gasteiger partial charge in [-0.2, -0.15) is 13.2 Å². The molecule has 0 unspecified atom stereocenters. The number of benzene rings is 1. The van der Waals surface area contributed by atoms with Crippen LogP contribution in [0.25, 0.3) is 0 Å². The van der Waals surface area contributed by atoms with E-state index in [2.05, 4.69) is 0 Å². The smallest absolute Gasteiger partial charge is 0.391 e. The summed E-state index contributed by atoms with van der Waals surface area (Å²) in [5.41, 5.74) is 5.28. The Morgan fingerprint density at radius 2 is 1.85 bits per heavy atom. The van der Waals surface area contributed by atoms with Gasteiger partial charge in [-0.15, -0.1) is 0 Å². The van der Waals surface area contributed by atoms with Crippen LogP contribution in [0.5, 0.6) is 0 Å². The molecule has 0 spiro atoms. The Labute approximate surface area is 120 Å². The van der Waals surface area contributed by atoms with Gasteiger partial charge in [0.05, 0.1) is 17.7 Å². The minimum Gasteiger partial charge on any atom is -0.391 e. The molecule has 20 heavy (non-hydrogen) atoms. The van der Waals surface area contributed by atoms with Gasteiger partial charge in [-0.3, -0.25) is 0 Å². The maximum Gasteiger partial charge on any atom is 0.416 e.